The van der Waals surface area contributed by atoms with Crippen LogP contribution in [0.4, 0.5) is 5.69 Å². The number of halogens is 1. The number of rotatable bonds is 5. The van der Waals surface area contributed by atoms with Crippen LogP contribution in [0.1, 0.15) is 53.6 Å². The predicted molar refractivity (Wildman–Crippen MR) is 123 cm³/mol. The third-order valence-electron chi connectivity index (χ3n) is 6.95. The van der Waals surface area contributed by atoms with Gasteiger partial charge in [0.15, 0.2) is 0 Å². The second-order valence-electron chi connectivity index (χ2n) is 8.69. The van der Waals surface area contributed by atoms with Crippen LogP contribution >= 0.6 is 11.6 Å². The highest BCUT2D eigenvalue weighted by Crippen LogP contribution is 2.48. The monoisotopic (exact) mass is 426 g/mol. The van der Waals surface area contributed by atoms with Crippen molar-refractivity contribution in [1.82, 2.24) is 4.90 Å². The molecule has 0 radical (unpaired) electrons. The summed E-state index contributed by atoms with van der Waals surface area (Å²) in [4.78, 5) is 17.0. The van der Waals surface area contributed by atoms with Crippen molar-refractivity contribution in [3.8, 4) is 0 Å². The number of amides is 1. The predicted octanol–water partition coefficient (Wildman–Crippen LogP) is 5.18. The first-order valence-corrected chi connectivity index (χ1v) is 11.3. The number of anilines is 1. The molecule has 160 valence electrons. The molecule has 2 unspecified atom stereocenters. The first kappa shape index (κ1) is 21.2. The summed E-state index contributed by atoms with van der Waals surface area (Å²) in [5.41, 5.74) is 4.88. The summed E-state index contributed by atoms with van der Waals surface area (Å²) in [6, 6.07) is 14.2. The second-order valence-corrected chi connectivity index (χ2v) is 9.13. The van der Waals surface area contributed by atoms with Crippen molar-refractivity contribution in [3.63, 3.8) is 0 Å². The van der Waals surface area contributed by atoms with E-state index < -0.39 is 0 Å². The zero-order valence-electron chi connectivity index (χ0n) is 18.1. The molecule has 2 aromatic carbocycles. The van der Waals surface area contributed by atoms with Crippen LogP contribution in [0.3, 0.4) is 0 Å². The molecule has 2 aromatic rings. The van der Waals surface area contributed by atoms with Gasteiger partial charge in [-0.05, 0) is 65.6 Å². The average molecular weight is 427 g/mol. The zero-order valence-corrected chi connectivity index (χ0v) is 18.9. The van der Waals surface area contributed by atoms with Gasteiger partial charge in [-0.3, -0.25) is 4.79 Å². The minimum Gasteiger partial charge on any atom is -0.378 e. The van der Waals surface area contributed by atoms with Gasteiger partial charge in [0.25, 0.3) is 5.91 Å². The summed E-state index contributed by atoms with van der Waals surface area (Å²) < 4.78 is 5.50. The average Bonchev–Trinajstić information content (AvgIpc) is 3.01. The van der Waals surface area contributed by atoms with Crippen molar-refractivity contribution < 1.29 is 9.53 Å². The Kier molecular flexibility index (Phi) is 6.35. The Morgan fingerprint density at radius 3 is 2.63 bits per heavy atom. The van der Waals surface area contributed by atoms with Crippen molar-refractivity contribution >= 4 is 23.2 Å². The van der Waals surface area contributed by atoms with E-state index in [0.717, 1.165) is 39.3 Å². The van der Waals surface area contributed by atoms with E-state index in [1.54, 1.807) is 12.1 Å². The number of carbonyl (C=O) groups is 1. The van der Waals surface area contributed by atoms with Crippen molar-refractivity contribution in [2.45, 2.75) is 32.1 Å². The maximum Gasteiger partial charge on any atom is 0.253 e. The van der Waals surface area contributed by atoms with Gasteiger partial charge in [0.05, 0.1) is 13.2 Å². The molecule has 3 atom stereocenters. The van der Waals surface area contributed by atoms with E-state index in [0.29, 0.717) is 28.3 Å². The lowest BCUT2D eigenvalue weighted by molar-refractivity contribution is 0.0788. The van der Waals surface area contributed by atoms with Gasteiger partial charge in [-0.25, -0.2) is 0 Å². The fourth-order valence-electron chi connectivity index (χ4n) is 4.92. The topological polar surface area (TPSA) is 32.8 Å². The molecule has 1 fully saturated rings. The smallest absolute Gasteiger partial charge is 0.253 e. The molecule has 1 saturated heterocycles. The first-order chi connectivity index (χ1) is 14.5. The Morgan fingerprint density at radius 1 is 1.13 bits per heavy atom. The summed E-state index contributed by atoms with van der Waals surface area (Å²) in [6.07, 6.45) is 0.970. The van der Waals surface area contributed by atoms with E-state index >= 15 is 0 Å². The molecule has 1 heterocycles. The number of benzene rings is 2. The minimum absolute atomic E-state index is 0.0269. The third-order valence-corrected chi connectivity index (χ3v) is 7.19. The number of carbonyl (C=O) groups excluding carboxylic acids is 1. The second kappa shape index (κ2) is 8.99. The summed E-state index contributed by atoms with van der Waals surface area (Å²) in [6.45, 7) is 8.95. The van der Waals surface area contributed by atoms with Crippen molar-refractivity contribution in [2.24, 2.45) is 5.92 Å². The molecule has 1 aliphatic carbocycles. The Balaban J connectivity index is 1.46. The maximum absolute atomic E-state index is 12.8. The molecule has 0 N–H and O–H groups in total. The van der Waals surface area contributed by atoms with Crippen LogP contribution in [0.5, 0.6) is 0 Å². The molecule has 0 bridgehead atoms. The van der Waals surface area contributed by atoms with Crippen molar-refractivity contribution in [2.75, 3.05) is 44.8 Å². The van der Waals surface area contributed by atoms with E-state index in [-0.39, 0.29) is 5.91 Å². The van der Waals surface area contributed by atoms with Crippen LogP contribution in [0, 0.1) is 5.92 Å². The number of hydrogen-bond acceptors (Lipinski definition) is 3. The highest BCUT2D eigenvalue weighted by molar-refractivity contribution is 6.30. The Hall–Kier alpha value is -2.04. The SMILES string of the molecule is CC1c2cc(N3CCOCC3)ccc2C(CCN(C)C(=O)c2cccc(Cl)c2)[C@@H]1C. The minimum atomic E-state index is 0.0269. The first-order valence-electron chi connectivity index (χ1n) is 10.9. The van der Waals surface area contributed by atoms with E-state index in [4.69, 9.17) is 16.3 Å². The number of morpholine rings is 1. The zero-order chi connectivity index (χ0) is 21.3. The standard InChI is InChI=1S/C25H31ClN2O2/c1-17-18(2)24-16-21(28-11-13-30-14-12-28)7-8-23(24)22(17)9-10-27(3)25(29)19-5-4-6-20(26)15-19/h4-8,15-18,22H,9-14H2,1-3H3/t17-,18?,22?/m1/s1. The third kappa shape index (κ3) is 4.21. The van der Waals surface area contributed by atoms with Crippen LogP contribution in [-0.4, -0.2) is 50.7 Å². The van der Waals surface area contributed by atoms with Gasteiger partial charge in [0.2, 0.25) is 0 Å². The van der Waals surface area contributed by atoms with E-state index in [1.165, 1.54) is 16.8 Å². The van der Waals surface area contributed by atoms with Crippen LogP contribution in [0.15, 0.2) is 42.5 Å². The molecule has 0 aromatic heterocycles. The molecule has 1 aliphatic heterocycles. The maximum atomic E-state index is 12.8. The molecule has 0 spiro atoms. The van der Waals surface area contributed by atoms with Gasteiger partial charge in [0.1, 0.15) is 0 Å². The molecule has 4 rings (SSSR count). The molecule has 30 heavy (non-hydrogen) atoms. The Labute approximate surface area is 184 Å². The summed E-state index contributed by atoms with van der Waals surface area (Å²) in [5, 5.41) is 0.595. The quantitative estimate of drug-likeness (QED) is 0.660. The lowest BCUT2D eigenvalue weighted by atomic mass is 9.87. The van der Waals surface area contributed by atoms with Crippen LogP contribution in [0.25, 0.3) is 0 Å². The lowest BCUT2D eigenvalue weighted by Gasteiger charge is -2.29. The molecule has 5 heteroatoms. The molecular weight excluding hydrogens is 396 g/mol. The number of nitrogens with zero attached hydrogens (tertiary/aromatic N) is 2. The normalized spacial score (nSPS) is 23.3. The van der Waals surface area contributed by atoms with E-state index in [9.17, 15) is 4.79 Å². The number of fused-ring (bicyclic) bond motifs is 1. The highest BCUT2D eigenvalue weighted by Gasteiger charge is 2.35. The summed E-state index contributed by atoms with van der Waals surface area (Å²) in [5.74, 6) is 1.59. The fourth-order valence-corrected chi connectivity index (χ4v) is 5.11. The van der Waals surface area contributed by atoms with E-state index in [2.05, 4.69) is 36.9 Å². The number of ether oxygens (including phenoxy) is 1. The van der Waals surface area contributed by atoms with Gasteiger partial charge in [0, 0.05) is 43.0 Å². The van der Waals surface area contributed by atoms with Crippen LogP contribution < -0.4 is 4.90 Å². The lowest BCUT2D eigenvalue weighted by Crippen LogP contribution is -2.36. The Bertz CT molecular complexity index is 910. The van der Waals surface area contributed by atoms with Crippen LogP contribution in [-0.2, 0) is 4.74 Å². The van der Waals surface area contributed by atoms with Crippen molar-refractivity contribution in [1.29, 1.82) is 0 Å². The highest BCUT2D eigenvalue weighted by atomic mass is 35.5. The molecule has 1 amide bonds. The van der Waals surface area contributed by atoms with Gasteiger partial charge >= 0.3 is 0 Å². The van der Waals surface area contributed by atoms with E-state index in [1.807, 2.05) is 24.1 Å². The van der Waals surface area contributed by atoms with Crippen molar-refractivity contribution in [3.05, 3.63) is 64.2 Å². The molecule has 2 aliphatic rings. The fraction of sp³-hybridized carbons (Fsp3) is 0.480. The number of hydrogen-bond donors (Lipinski definition) is 0. The molecule has 4 nitrogen and oxygen atoms in total. The molecule has 0 saturated carbocycles. The molecular formula is C25H31ClN2O2. The summed E-state index contributed by atoms with van der Waals surface area (Å²) >= 11 is 6.05. The van der Waals surface area contributed by atoms with Crippen LogP contribution in [0.2, 0.25) is 5.02 Å². The van der Waals surface area contributed by atoms with Gasteiger partial charge in [-0.2, -0.15) is 0 Å². The van der Waals surface area contributed by atoms with Gasteiger partial charge in [-0.15, -0.1) is 0 Å². The summed E-state index contributed by atoms with van der Waals surface area (Å²) in [7, 11) is 1.88. The van der Waals surface area contributed by atoms with Gasteiger partial charge in [-0.1, -0.05) is 37.6 Å². The largest absolute Gasteiger partial charge is 0.378 e. The van der Waals surface area contributed by atoms with Gasteiger partial charge < -0.3 is 14.5 Å². The Morgan fingerprint density at radius 2 is 1.90 bits per heavy atom.